The summed E-state index contributed by atoms with van der Waals surface area (Å²) in [6, 6.07) is 0.0670. The third-order valence-electron chi connectivity index (χ3n) is 3.72. The van der Waals surface area contributed by atoms with Crippen molar-refractivity contribution in [3.63, 3.8) is 0 Å². The van der Waals surface area contributed by atoms with Crippen LogP contribution in [0.1, 0.15) is 52.4 Å². The second-order valence-electron chi connectivity index (χ2n) is 5.19. The van der Waals surface area contributed by atoms with E-state index in [9.17, 15) is 9.59 Å². The fourth-order valence-electron chi connectivity index (χ4n) is 2.82. The summed E-state index contributed by atoms with van der Waals surface area (Å²) in [5.74, 6) is -0.0387. The van der Waals surface area contributed by atoms with Crippen LogP contribution in [0.5, 0.6) is 0 Å². The molecule has 1 fully saturated rings. The van der Waals surface area contributed by atoms with Crippen LogP contribution in [-0.2, 0) is 6.42 Å². The first-order valence-electron chi connectivity index (χ1n) is 6.72. The molecule has 0 aromatic carbocycles. The van der Waals surface area contributed by atoms with Crippen LogP contribution < -0.4 is 5.73 Å². The first-order valence-corrected chi connectivity index (χ1v) is 6.72. The van der Waals surface area contributed by atoms with Crippen molar-refractivity contribution in [1.29, 1.82) is 0 Å². The van der Waals surface area contributed by atoms with Crippen LogP contribution in [0.2, 0.25) is 0 Å². The van der Waals surface area contributed by atoms with Gasteiger partial charge < -0.3 is 15.6 Å². The van der Waals surface area contributed by atoms with E-state index in [4.69, 9.17) is 5.73 Å². The van der Waals surface area contributed by atoms with Crippen LogP contribution in [0.3, 0.4) is 0 Å². The van der Waals surface area contributed by atoms with E-state index in [1.54, 1.807) is 4.90 Å². The summed E-state index contributed by atoms with van der Waals surface area (Å²) in [4.78, 5) is 29.0. The Balaban J connectivity index is 2.37. The number of Topliss-reactive ketones (excluding diaryl/α,β-unsaturated/α-hetero) is 1. The second kappa shape index (κ2) is 5.17. The average Bonchev–Trinajstić information content (AvgIpc) is 2.91. The molecule has 0 aliphatic carbocycles. The summed E-state index contributed by atoms with van der Waals surface area (Å²) < 4.78 is 0. The number of carbonyl (C=O) groups excluding carboxylic acids is 2. The van der Waals surface area contributed by atoms with Gasteiger partial charge in [-0.3, -0.25) is 9.59 Å². The highest BCUT2D eigenvalue weighted by Crippen LogP contribution is 2.23. The second-order valence-corrected chi connectivity index (χ2v) is 5.19. The molecule has 5 nitrogen and oxygen atoms in total. The number of carbonyl (C=O) groups is 2. The molecule has 2 heterocycles. The van der Waals surface area contributed by atoms with Gasteiger partial charge in [0.1, 0.15) is 5.69 Å². The van der Waals surface area contributed by atoms with Gasteiger partial charge >= 0.3 is 0 Å². The average molecular weight is 263 g/mol. The quantitative estimate of drug-likeness (QED) is 0.806. The van der Waals surface area contributed by atoms with Gasteiger partial charge in [-0.1, -0.05) is 6.92 Å². The number of rotatable bonds is 3. The van der Waals surface area contributed by atoms with Crippen molar-refractivity contribution in [3.05, 3.63) is 22.5 Å². The molecule has 1 aromatic heterocycles. The molecule has 1 aliphatic rings. The van der Waals surface area contributed by atoms with E-state index >= 15 is 0 Å². The van der Waals surface area contributed by atoms with Crippen molar-refractivity contribution < 1.29 is 9.59 Å². The van der Waals surface area contributed by atoms with E-state index in [-0.39, 0.29) is 17.7 Å². The van der Waals surface area contributed by atoms with Crippen LogP contribution >= 0.6 is 0 Å². The van der Waals surface area contributed by atoms with Crippen LogP contribution in [0.15, 0.2) is 0 Å². The Labute approximate surface area is 113 Å². The lowest BCUT2D eigenvalue weighted by Crippen LogP contribution is -2.32. The maximum atomic E-state index is 12.5. The van der Waals surface area contributed by atoms with Crippen molar-refractivity contribution in [2.75, 3.05) is 13.1 Å². The zero-order valence-electron chi connectivity index (χ0n) is 11.7. The monoisotopic (exact) mass is 263 g/mol. The van der Waals surface area contributed by atoms with Crippen LogP contribution in [0, 0.1) is 6.92 Å². The molecule has 1 amide bonds. The number of aryl methyl sites for hydroxylation is 1. The number of aromatic nitrogens is 1. The number of nitrogens with zero attached hydrogens (tertiary/aromatic N) is 1. The summed E-state index contributed by atoms with van der Waals surface area (Å²) in [6.07, 6.45) is 1.51. The fourth-order valence-corrected chi connectivity index (χ4v) is 2.82. The lowest BCUT2D eigenvalue weighted by Gasteiger charge is -2.15. The Hall–Kier alpha value is -1.62. The highest BCUT2D eigenvalue weighted by atomic mass is 16.2. The molecule has 3 N–H and O–H groups in total. The number of ketones is 1. The van der Waals surface area contributed by atoms with E-state index in [2.05, 4.69) is 4.98 Å². The fraction of sp³-hybridized carbons (Fsp3) is 0.571. The third kappa shape index (κ3) is 2.42. The molecule has 5 heteroatoms. The third-order valence-corrected chi connectivity index (χ3v) is 3.72. The molecule has 1 aliphatic heterocycles. The molecule has 0 unspecified atom stereocenters. The number of H-pyrrole nitrogens is 1. The van der Waals surface area contributed by atoms with E-state index in [1.165, 1.54) is 6.92 Å². The van der Waals surface area contributed by atoms with E-state index in [0.717, 1.165) is 17.7 Å². The minimum absolute atomic E-state index is 0.00257. The van der Waals surface area contributed by atoms with Gasteiger partial charge in [-0.2, -0.15) is 0 Å². The Morgan fingerprint density at radius 2 is 2.16 bits per heavy atom. The summed E-state index contributed by atoms with van der Waals surface area (Å²) >= 11 is 0. The lowest BCUT2D eigenvalue weighted by atomic mass is 10.0. The molecule has 0 bridgehead atoms. The van der Waals surface area contributed by atoms with Crippen LogP contribution in [0.4, 0.5) is 0 Å². The Kier molecular flexibility index (Phi) is 3.75. The van der Waals surface area contributed by atoms with E-state index in [0.29, 0.717) is 30.8 Å². The molecule has 0 radical (unpaired) electrons. The predicted octanol–water partition coefficient (Wildman–Crippen LogP) is 1.26. The molecule has 19 heavy (non-hydrogen) atoms. The smallest absolute Gasteiger partial charge is 0.270 e. The number of nitrogens with two attached hydrogens (primary N) is 1. The Morgan fingerprint density at radius 3 is 2.63 bits per heavy atom. The van der Waals surface area contributed by atoms with Gasteiger partial charge in [0.25, 0.3) is 5.91 Å². The molecular formula is C14H21N3O2. The molecule has 104 valence electrons. The van der Waals surface area contributed by atoms with E-state index < -0.39 is 0 Å². The topological polar surface area (TPSA) is 79.2 Å². The first kappa shape index (κ1) is 13.8. The molecule has 0 saturated carbocycles. The Bertz CT molecular complexity index is 519. The predicted molar refractivity (Wildman–Crippen MR) is 73.4 cm³/mol. The zero-order valence-corrected chi connectivity index (χ0v) is 11.7. The van der Waals surface area contributed by atoms with Crippen molar-refractivity contribution >= 4 is 11.7 Å². The number of aromatic amines is 1. The van der Waals surface area contributed by atoms with Crippen LogP contribution in [-0.4, -0.2) is 40.7 Å². The zero-order chi connectivity index (χ0) is 14.2. The number of amides is 1. The summed E-state index contributed by atoms with van der Waals surface area (Å²) in [5, 5.41) is 0. The van der Waals surface area contributed by atoms with Gasteiger partial charge in [-0.15, -0.1) is 0 Å². The standard InChI is InChI=1S/C14H21N3O2/c1-4-11-12(9(3)18)8(2)16-13(11)14(19)17-6-5-10(15)7-17/h10,16H,4-7,15H2,1-3H3/t10-/m1/s1. The van der Waals surface area contributed by atoms with Gasteiger partial charge in [-0.05, 0) is 32.3 Å². The number of nitrogens with one attached hydrogen (secondary N) is 1. The van der Waals surface area contributed by atoms with Gasteiger partial charge in [0, 0.05) is 30.4 Å². The van der Waals surface area contributed by atoms with Gasteiger partial charge in [-0.25, -0.2) is 0 Å². The molecule has 1 atom stereocenters. The largest absolute Gasteiger partial charge is 0.354 e. The number of hydrogen-bond acceptors (Lipinski definition) is 3. The summed E-state index contributed by atoms with van der Waals surface area (Å²) in [5.41, 5.74) is 8.66. The number of likely N-dealkylation sites (tertiary alicyclic amines) is 1. The highest BCUT2D eigenvalue weighted by molar-refractivity contribution is 6.02. The van der Waals surface area contributed by atoms with Gasteiger partial charge in [0.15, 0.2) is 5.78 Å². The maximum Gasteiger partial charge on any atom is 0.270 e. The minimum atomic E-state index is -0.0413. The molecule has 1 saturated heterocycles. The molecule has 2 rings (SSSR count). The maximum absolute atomic E-state index is 12.5. The summed E-state index contributed by atoms with van der Waals surface area (Å²) in [6.45, 7) is 6.62. The van der Waals surface area contributed by atoms with Crippen molar-refractivity contribution in [2.45, 2.75) is 39.7 Å². The van der Waals surface area contributed by atoms with Gasteiger partial charge in [0.2, 0.25) is 0 Å². The summed E-state index contributed by atoms with van der Waals surface area (Å²) in [7, 11) is 0. The van der Waals surface area contributed by atoms with Crippen LogP contribution in [0.25, 0.3) is 0 Å². The molecule has 1 aromatic rings. The van der Waals surface area contributed by atoms with E-state index in [1.807, 2.05) is 13.8 Å². The molecular weight excluding hydrogens is 242 g/mol. The lowest BCUT2D eigenvalue weighted by molar-refractivity contribution is 0.0784. The van der Waals surface area contributed by atoms with Crippen molar-refractivity contribution in [2.24, 2.45) is 5.73 Å². The number of hydrogen-bond donors (Lipinski definition) is 2. The van der Waals surface area contributed by atoms with Crippen molar-refractivity contribution in [1.82, 2.24) is 9.88 Å². The minimum Gasteiger partial charge on any atom is -0.354 e. The highest BCUT2D eigenvalue weighted by Gasteiger charge is 2.29. The normalized spacial score (nSPS) is 18.9. The molecule has 0 spiro atoms. The first-order chi connectivity index (χ1) is 8.95. The Morgan fingerprint density at radius 1 is 1.47 bits per heavy atom. The van der Waals surface area contributed by atoms with Gasteiger partial charge in [0.05, 0.1) is 0 Å². The van der Waals surface area contributed by atoms with Crippen molar-refractivity contribution in [3.8, 4) is 0 Å². The SMILES string of the molecule is CCc1c(C(=O)N2CC[C@@H](N)C2)[nH]c(C)c1C(C)=O.